The fraction of sp³-hybridized carbons (Fsp3) is 0.190. The Labute approximate surface area is 158 Å². The maximum absolute atomic E-state index is 12.4. The van der Waals surface area contributed by atoms with E-state index >= 15 is 0 Å². The van der Waals surface area contributed by atoms with Crippen molar-refractivity contribution in [1.29, 1.82) is 0 Å². The minimum atomic E-state index is -0.252. The SMILES string of the molecule is CC(C)C(NC(=O)Nc1ccc(Oc2ncccn2)cc1)c1ccccc1. The van der Waals surface area contributed by atoms with E-state index in [0.717, 1.165) is 5.56 Å². The average Bonchev–Trinajstić information content (AvgIpc) is 2.69. The molecule has 0 bridgehead atoms. The van der Waals surface area contributed by atoms with E-state index < -0.39 is 0 Å². The lowest BCUT2D eigenvalue weighted by Gasteiger charge is -2.23. The van der Waals surface area contributed by atoms with Crippen molar-refractivity contribution < 1.29 is 9.53 Å². The molecule has 0 aliphatic rings. The predicted octanol–water partition coefficient (Wildman–Crippen LogP) is 4.79. The molecule has 0 aliphatic carbocycles. The average molecular weight is 362 g/mol. The minimum Gasteiger partial charge on any atom is -0.424 e. The van der Waals surface area contributed by atoms with Crippen molar-refractivity contribution in [2.45, 2.75) is 19.9 Å². The van der Waals surface area contributed by atoms with Crippen molar-refractivity contribution in [2.24, 2.45) is 5.92 Å². The Bertz CT molecular complexity index is 852. The summed E-state index contributed by atoms with van der Waals surface area (Å²) in [6.07, 6.45) is 3.22. The van der Waals surface area contributed by atoms with Crippen molar-refractivity contribution in [1.82, 2.24) is 15.3 Å². The Kier molecular flexibility index (Phi) is 5.99. The topological polar surface area (TPSA) is 76.1 Å². The Morgan fingerprint density at radius 2 is 1.59 bits per heavy atom. The molecule has 6 nitrogen and oxygen atoms in total. The van der Waals surface area contributed by atoms with Crippen LogP contribution in [-0.2, 0) is 0 Å². The molecule has 0 aliphatic heterocycles. The van der Waals surface area contributed by atoms with Crippen LogP contribution in [-0.4, -0.2) is 16.0 Å². The quantitative estimate of drug-likeness (QED) is 0.661. The number of rotatable bonds is 6. The van der Waals surface area contributed by atoms with Crippen LogP contribution >= 0.6 is 0 Å². The summed E-state index contributed by atoms with van der Waals surface area (Å²) in [6, 6.07) is 18.7. The number of carbonyl (C=O) groups excluding carboxylic acids is 1. The second-order valence-corrected chi connectivity index (χ2v) is 6.39. The molecule has 0 spiro atoms. The van der Waals surface area contributed by atoms with Crippen LogP contribution in [0.3, 0.4) is 0 Å². The van der Waals surface area contributed by atoms with Gasteiger partial charge in [-0.2, -0.15) is 0 Å². The summed E-state index contributed by atoms with van der Waals surface area (Å²) in [7, 11) is 0. The summed E-state index contributed by atoms with van der Waals surface area (Å²) >= 11 is 0. The van der Waals surface area contributed by atoms with E-state index in [-0.39, 0.29) is 24.0 Å². The van der Waals surface area contributed by atoms with Crippen molar-refractivity contribution in [3.05, 3.63) is 78.6 Å². The molecule has 1 unspecified atom stereocenters. The van der Waals surface area contributed by atoms with Gasteiger partial charge >= 0.3 is 12.0 Å². The van der Waals surface area contributed by atoms with Crippen LogP contribution in [0, 0.1) is 5.92 Å². The molecule has 1 aromatic heterocycles. The van der Waals surface area contributed by atoms with E-state index in [0.29, 0.717) is 11.4 Å². The van der Waals surface area contributed by atoms with Crippen LogP contribution in [0.25, 0.3) is 0 Å². The Hall–Kier alpha value is -3.41. The zero-order valence-corrected chi connectivity index (χ0v) is 15.3. The third-order valence-corrected chi connectivity index (χ3v) is 3.98. The van der Waals surface area contributed by atoms with Crippen LogP contribution < -0.4 is 15.4 Å². The van der Waals surface area contributed by atoms with Gasteiger partial charge in [-0.1, -0.05) is 44.2 Å². The summed E-state index contributed by atoms with van der Waals surface area (Å²) in [5.74, 6) is 0.858. The minimum absolute atomic E-state index is 0.0657. The van der Waals surface area contributed by atoms with Crippen molar-refractivity contribution >= 4 is 11.7 Å². The van der Waals surface area contributed by atoms with Gasteiger partial charge in [-0.3, -0.25) is 0 Å². The van der Waals surface area contributed by atoms with Crippen LogP contribution in [0.15, 0.2) is 73.1 Å². The highest BCUT2D eigenvalue weighted by molar-refractivity contribution is 5.89. The molecule has 2 aromatic carbocycles. The molecule has 3 rings (SSSR count). The first-order chi connectivity index (χ1) is 13.1. The van der Waals surface area contributed by atoms with E-state index in [9.17, 15) is 4.79 Å². The molecule has 0 saturated carbocycles. The fourth-order valence-corrected chi connectivity index (χ4v) is 2.65. The van der Waals surface area contributed by atoms with Gasteiger partial charge in [-0.05, 0) is 41.8 Å². The van der Waals surface area contributed by atoms with Crippen LogP contribution in [0.4, 0.5) is 10.5 Å². The summed E-state index contributed by atoms with van der Waals surface area (Å²) in [5.41, 5.74) is 1.75. The Balaban J connectivity index is 1.60. The highest BCUT2D eigenvalue weighted by Crippen LogP contribution is 2.22. The van der Waals surface area contributed by atoms with Gasteiger partial charge in [0.25, 0.3) is 0 Å². The van der Waals surface area contributed by atoms with Gasteiger partial charge in [0.05, 0.1) is 6.04 Å². The number of hydrogen-bond donors (Lipinski definition) is 2. The fourth-order valence-electron chi connectivity index (χ4n) is 2.65. The molecule has 2 amide bonds. The number of anilines is 1. The number of amides is 2. The first-order valence-electron chi connectivity index (χ1n) is 8.79. The number of benzene rings is 2. The number of nitrogens with one attached hydrogen (secondary N) is 2. The number of hydrogen-bond acceptors (Lipinski definition) is 4. The maximum atomic E-state index is 12.4. The molecular weight excluding hydrogens is 340 g/mol. The van der Waals surface area contributed by atoms with E-state index in [4.69, 9.17) is 4.74 Å². The van der Waals surface area contributed by atoms with Gasteiger partial charge < -0.3 is 15.4 Å². The van der Waals surface area contributed by atoms with E-state index in [1.54, 1.807) is 42.7 Å². The third kappa shape index (κ3) is 5.28. The Morgan fingerprint density at radius 1 is 0.926 bits per heavy atom. The normalized spacial score (nSPS) is 11.7. The summed E-state index contributed by atoms with van der Waals surface area (Å²) in [4.78, 5) is 20.4. The van der Waals surface area contributed by atoms with Crippen molar-refractivity contribution in [2.75, 3.05) is 5.32 Å². The number of ether oxygens (including phenoxy) is 1. The summed E-state index contributed by atoms with van der Waals surface area (Å²) in [5, 5.41) is 5.89. The van der Waals surface area contributed by atoms with Crippen LogP contribution in [0.2, 0.25) is 0 Å². The van der Waals surface area contributed by atoms with E-state index in [1.807, 2.05) is 30.3 Å². The standard InChI is InChI=1S/C21H22N4O2/c1-15(2)19(16-7-4-3-5-8-16)25-20(26)24-17-9-11-18(12-10-17)27-21-22-13-6-14-23-21/h3-15,19H,1-2H3,(H2,24,25,26). The summed E-state index contributed by atoms with van der Waals surface area (Å²) in [6.45, 7) is 4.16. The highest BCUT2D eigenvalue weighted by Gasteiger charge is 2.18. The number of nitrogens with zero attached hydrogens (tertiary/aromatic N) is 2. The molecule has 27 heavy (non-hydrogen) atoms. The first kappa shape index (κ1) is 18.4. The zero-order chi connectivity index (χ0) is 19.1. The molecule has 2 N–H and O–H groups in total. The molecule has 3 aromatic rings. The molecular formula is C21H22N4O2. The first-order valence-corrected chi connectivity index (χ1v) is 8.79. The lowest BCUT2D eigenvalue weighted by molar-refractivity contribution is 0.244. The largest absolute Gasteiger partial charge is 0.424 e. The van der Waals surface area contributed by atoms with Gasteiger partial charge in [0.2, 0.25) is 0 Å². The highest BCUT2D eigenvalue weighted by atomic mass is 16.5. The van der Waals surface area contributed by atoms with Gasteiger partial charge in [0, 0.05) is 18.1 Å². The molecule has 1 atom stereocenters. The van der Waals surface area contributed by atoms with Crippen LogP contribution in [0.5, 0.6) is 11.8 Å². The van der Waals surface area contributed by atoms with Gasteiger partial charge in [-0.25, -0.2) is 14.8 Å². The lowest BCUT2D eigenvalue weighted by Crippen LogP contribution is -2.35. The molecule has 1 heterocycles. The zero-order valence-electron chi connectivity index (χ0n) is 15.3. The second kappa shape index (κ2) is 8.80. The van der Waals surface area contributed by atoms with Crippen molar-refractivity contribution in [3.63, 3.8) is 0 Å². The molecule has 138 valence electrons. The van der Waals surface area contributed by atoms with Crippen LogP contribution in [0.1, 0.15) is 25.5 Å². The van der Waals surface area contributed by atoms with Gasteiger partial charge in [0.15, 0.2) is 0 Å². The van der Waals surface area contributed by atoms with E-state index in [2.05, 4.69) is 34.4 Å². The predicted molar refractivity (Wildman–Crippen MR) is 105 cm³/mol. The third-order valence-electron chi connectivity index (χ3n) is 3.98. The maximum Gasteiger partial charge on any atom is 0.321 e. The van der Waals surface area contributed by atoms with Crippen molar-refractivity contribution in [3.8, 4) is 11.8 Å². The smallest absolute Gasteiger partial charge is 0.321 e. The second-order valence-electron chi connectivity index (χ2n) is 6.39. The Morgan fingerprint density at radius 3 is 2.22 bits per heavy atom. The monoisotopic (exact) mass is 362 g/mol. The molecule has 0 saturated heterocycles. The van der Waals surface area contributed by atoms with Gasteiger partial charge in [-0.15, -0.1) is 0 Å². The number of urea groups is 1. The number of aromatic nitrogens is 2. The summed E-state index contributed by atoms with van der Waals surface area (Å²) < 4.78 is 5.54. The molecule has 0 fully saturated rings. The van der Waals surface area contributed by atoms with Gasteiger partial charge in [0.1, 0.15) is 5.75 Å². The molecule has 0 radical (unpaired) electrons. The number of carbonyl (C=O) groups is 1. The van der Waals surface area contributed by atoms with E-state index in [1.165, 1.54) is 0 Å². The lowest BCUT2D eigenvalue weighted by atomic mass is 9.96. The molecule has 6 heteroatoms.